The summed E-state index contributed by atoms with van der Waals surface area (Å²) >= 11 is 0. The van der Waals surface area contributed by atoms with Gasteiger partial charge in [0.1, 0.15) is 6.26 Å². The lowest BCUT2D eigenvalue weighted by Crippen LogP contribution is -2.26. The molecule has 19 heavy (non-hydrogen) atoms. The van der Waals surface area contributed by atoms with E-state index in [4.69, 9.17) is 10.2 Å². The molecule has 0 saturated carbocycles. The van der Waals surface area contributed by atoms with Gasteiger partial charge in [-0.1, -0.05) is 18.2 Å². The summed E-state index contributed by atoms with van der Waals surface area (Å²) in [6.07, 6.45) is 2.82. The number of hydrogen-bond acceptors (Lipinski definition) is 4. The van der Waals surface area contributed by atoms with Gasteiger partial charge in [-0.15, -0.1) is 12.4 Å². The van der Waals surface area contributed by atoms with E-state index in [9.17, 15) is 0 Å². The molecule has 1 atom stereocenters. The lowest BCUT2D eigenvalue weighted by molar-refractivity contribution is 0.322. The molecule has 2 aromatic rings. The van der Waals surface area contributed by atoms with Crippen molar-refractivity contribution in [2.24, 2.45) is 5.73 Å². The van der Waals surface area contributed by atoms with Crippen LogP contribution >= 0.6 is 12.4 Å². The lowest BCUT2D eigenvalue weighted by atomic mass is 10.2. The Morgan fingerprint density at radius 2 is 2.11 bits per heavy atom. The average Bonchev–Trinajstić information content (AvgIpc) is 3.01. The SMILES string of the molecule is Cl.N[C@H]1CCN(Cc2coc(-c3ccccc3)n2)C1. The Morgan fingerprint density at radius 3 is 2.79 bits per heavy atom. The van der Waals surface area contributed by atoms with Crippen molar-refractivity contribution in [3.63, 3.8) is 0 Å². The Morgan fingerprint density at radius 1 is 1.32 bits per heavy atom. The Balaban J connectivity index is 0.00000133. The highest BCUT2D eigenvalue weighted by atomic mass is 35.5. The van der Waals surface area contributed by atoms with E-state index in [-0.39, 0.29) is 12.4 Å². The second-order valence-corrected chi connectivity index (χ2v) is 4.79. The molecule has 1 aromatic carbocycles. The van der Waals surface area contributed by atoms with Crippen LogP contribution in [0.4, 0.5) is 0 Å². The molecule has 1 fully saturated rings. The van der Waals surface area contributed by atoms with Crippen molar-refractivity contribution in [2.45, 2.75) is 19.0 Å². The first-order valence-corrected chi connectivity index (χ1v) is 6.29. The van der Waals surface area contributed by atoms with Gasteiger partial charge in [0, 0.05) is 31.2 Å². The Labute approximate surface area is 119 Å². The monoisotopic (exact) mass is 279 g/mol. The minimum Gasteiger partial charge on any atom is -0.444 e. The quantitative estimate of drug-likeness (QED) is 0.937. The van der Waals surface area contributed by atoms with Gasteiger partial charge in [-0.25, -0.2) is 4.98 Å². The third-order valence-corrected chi connectivity index (χ3v) is 3.27. The first kappa shape index (κ1) is 14.1. The number of halogens is 1. The van der Waals surface area contributed by atoms with Gasteiger partial charge >= 0.3 is 0 Å². The zero-order valence-electron chi connectivity index (χ0n) is 10.7. The van der Waals surface area contributed by atoms with Crippen molar-refractivity contribution in [1.29, 1.82) is 0 Å². The largest absolute Gasteiger partial charge is 0.444 e. The Kier molecular flexibility index (Phi) is 4.58. The summed E-state index contributed by atoms with van der Waals surface area (Å²) in [6, 6.07) is 10.3. The number of rotatable bonds is 3. The number of benzene rings is 1. The second-order valence-electron chi connectivity index (χ2n) is 4.79. The third-order valence-electron chi connectivity index (χ3n) is 3.27. The second kappa shape index (κ2) is 6.19. The molecule has 2 heterocycles. The van der Waals surface area contributed by atoms with Crippen molar-refractivity contribution in [2.75, 3.05) is 13.1 Å². The summed E-state index contributed by atoms with van der Waals surface area (Å²) in [7, 11) is 0. The number of hydrogen-bond donors (Lipinski definition) is 1. The summed E-state index contributed by atoms with van der Waals surface area (Å²) in [5.74, 6) is 0.689. The fraction of sp³-hybridized carbons (Fsp3) is 0.357. The van der Waals surface area contributed by atoms with Gasteiger partial charge in [0.15, 0.2) is 0 Å². The van der Waals surface area contributed by atoms with E-state index in [1.807, 2.05) is 30.3 Å². The van der Waals surface area contributed by atoms with Crippen LogP contribution in [0.1, 0.15) is 12.1 Å². The third kappa shape index (κ3) is 3.35. The van der Waals surface area contributed by atoms with Crippen LogP contribution in [0.2, 0.25) is 0 Å². The van der Waals surface area contributed by atoms with E-state index in [1.165, 1.54) is 0 Å². The smallest absolute Gasteiger partial charge is 0.226 e. The normalized spacial score (nSPS) is 19.3. The van der Waals surface area contributed by atoms with E-state index in [1.54, 1.807) is 6.26 Å². The van der Waals surface area contributed by atoms with Gasteiger partial charge in [-0.2, -0.15) is 0 Å². The number of nitrogens with two attached hydrogens (primary N) is 1. The number of aromatic nitrogens is 1. The van der Waals surface area contributed by atoms with Crippen LogP contribution in [0.5, 0.6) is 0 Å². The predicted molar refractivity (Wildman–Crippen MR) is 77.1 cm³/mol. The lowest BCUT2D eigenvalue weighted by Gasteiger charge is -2.12. The molecule has 4 nitrogen and oxygen atoms in total. The molecule has 1 aliphatic heterocycles. The molecular formula is C14H18ClN3O. The first-order valence-electron chi connectivity index (χ1n) is 6.29. The maximum atomic E-state index is 5.89. The number of likely N-dealkylation sites (tertiary alicyclic amines) is 1. The van der Waals surface area contributed by atoms with Gasteiger partial charge in [-0.05, 0) is 18.6 Å². The molecule has 5 heteroatoms. The standard InChI is InChI=1S/C14H17N3O.ClH/c15-12-6-7-17(8-12)9-13-10-18-14(16-13)11-4-2-1-3-5-11;/h1-5,10,12H,6-9,15H2;1H/t12-;/m0./s1. The van der Waals surface area contributed by atoms with Crippen molar-refractivity contribution >= 4 is 12.4 Å². The summed E-state index contributed by atoms with van der Waals surface area (Å²) in [5, 5.41) is 0. The van der Waals surface area contributed by atoms with Crippen molar-refractivity contribution in [3.8, 4) is 11.5 Å². The molecule has 0 spiro atoms. The van der Waals surface area contributed by atoms with Crippen LogP contribution < -0.4 is 5.73 Å². The van der Waals surface area contributed by atoms with Crippen LogP contribution in [-0.4, -0.2) is 29.0 Å². The molecule has 0 unspecified atom stereocenters. The van der Waals surface area contributed by atoms with Gasteiger partial charge in [0.2, 0.25) is 5.89 Å². The minimum absolute atomic E-state index is 0. The molecule has 2 N–H and O–H groups in total. The highest BCUT2D eigenvalue weighted by Gasteiger charge is 2.20. The fourth-order valence-electron chi connectivity index (χ4n) is 2.33. The minimum atomic E-state index is 0. The molecule has 3 rings (SSSR count). The van der Waals surface area contributed by atoms with E-state index in [0.29, 0.717) is 11.9 Å². The maximum Gasteiger partial charge on any atom is 0.226 e. The predicted octanol–water partition coefficient (Wildman–Crippen LogP) is 2.30. The van der Waals surface area contributed by atoms with Gasteiger partial charge in [0.05, 0.1) is 5.69 Å². The fourth-order valence-corrected chi connectivity index (χ4v) is 2.33. The van der Waals surface area contributed by atoms with E-state index < -0.39 is 0 Å². The maximum absolute atomic E-state index is 5.89. The molecule has 1 saturated heterocycles. The molecule has 0 amide bonds. The summed E-state index contributed by atoms with van der Waals surface area (Å²) in [6.45, 7) is 2.83. The number of nitrogens with zero attached hydrogens (tertiary/aromatic N) is 2. The zero-order chi connectivity index (χ0) is 12.4. The molecule has 1 aromatic heterocycles. The van der Waals surface area contributed by atoms with Crippen LogP contribution in [0.3, 0.4) is 0 Å². The Hall–Kier alpha value is -1.36. The molecule has 0 radical (unpaired) electrons. The molecule has 1 aliphatic rings. The Bertz CT molecular complexity index is 514. The number of oxazole rings is 1. The van der Waals surface area contributed by atoms with Gasteiger partial charge in [-0.3, -0.25) is 4.90 Å². The van der Waals surface area contributed by atoms with Crippen molar-refractivity contribution in [3.05, 3.63) is 42.3 Å². The van der Waals surface area contributed by atoms with Gasteiger partial charge in [0.25, 0.3) is 0 Å². The van der Waals surface area contributed by atoms with Crippen LogP contribution in [-0.2, 0) is 6.54 Å². The van der Waals surface area contributed by atoms with E-state index in [0.717, 1.165) is 37.3 Å². The highest BCUT2D eigenvalue weighted by Crippen LogP contribution is 2.19. The summed E-state index contributed by atoms with van der Waals surface area (Å²) < 4.78 is 5.52. The zero-order valence-corrected chi connectivity index (χ0v) is 11.5. The highest BCUT2D eigenvalue weighted by molar-refractivity contribution is 5.85. The van der Waals surface area contributed by atoms with Crippen molar-refractivity contribution < 1.29 is 4.42 Å². The summed E-state index contributed by atoms with van der Waals surface area (Å²) in [4.78, 5) is 6.84. The first-order chi connectivity index (χ1) is 8.81. The molecule has 0 aliphatic carbocycles. The van der Waals surface area contributed by atoms with Crippen LogP contribution in [0, 0.1) is 0 Å². The molecule has 0 bridgehead atoms. The van der Waals surface area contributed by atoms with Gasteiger partial charge < -0.3 is 10.2 Å². The molecular weight excluding hydrogens is 262 g/mol. The van der Waals surface area contributed by atoms with E-state index in [2.05, 4.69) is 9.88 Å². The average molecular weight is 280 g/mol. The van der Waals surface area contributed by atoms with E-state index >= 15 is 0 Å². The topological polar surface area (TPSA) is 55.3 Å². The summed E-state index contributed by atoms with van der Waals surface area (Å²) in [5.41, 5.74) is 7.88. The van der Waals surface area contributed by atoms with Crippen LogP contribution in [0.15, 0.2) is 41.0 Å². The van der Waals surface area contributed by atoms with Crippen molar-refractivity contribution in [1.82, 2.24) is 9.88 Å². The van der Waals surface area contributed by atoms with Crippen LogP contribution in [0.25, 0.3) is 11.5 Å². The molecule has 102 valence electrons.